The van der Waals surface area contributed by atoms with Crippen LogP contribution in [0.25, 0.3) is 0 Å². The van der Waals surface area contributed by atoms with Crippen LogP contribution in [0, 0.1) is 0 Å². The third kappa shape index (κ3) is 29.8. The maximum Gasteiger partial charge on any atom is 3.00 e. The van der Waals surface area contributed by atoms with E-state index in [0.717, 1.165) is 0 Å². The van der Waals surface area contributed by atoms with Crippen LogP contribution in [0.5, 0.6) is 0 Å². The van der Waals surface area contributed by atoms with Gasteiger partial charge in [-0.25, -0.2) is 0 Å². The molecule has 0 N–H and O–H groups in total. The first-order valence-electron chi connectivity index (χ1n) is 0.730. The summed E-state index contributed by atoms with van der Waals surface area (Å²) in [5.74, 6) is 0. The third-order valence-electron chi connectivity index (χ3n) is 0. The molecule has 0 aliphatic rings. The van der Waals surface area contributed by atoms with Crippen molar-refractivity contribution in [2.75, 3.05) is 0 Å². The molecule has 0 aliphatic heterocycles. The number of hydrogen-bond acceptors (Lipinski definition) is 4. The summed E-state index contributed by atoms with van der Waals surface area (Å²) < 4.78 is -2.06. The maximum atomic E-state index is 4.38. The van der Waals surface area contributed by atoms with Gasteiger partial charge in [-0.2, -0.15) is 0 Å². The Kier molecular flexibility index (Phi) is 8.78. The van der Waals surface area contributed by atoms with E-state index in [9.17, 15) is 0 Å². The van der Waals surface area contributed by atoms with Crippen molar-refractivity contribution in [3.63, 3.8) is 0 Å². The summed E-state index contributed by atoms with van der Waals surface area (Å²) in [5, 5.41) is 0. The molecular formula is BiPS4. The minimum atomic E-state index is -2.06. The van der Waals surface area contributed by atoms with Crippen LogP contribution in [0.4, 0.5) is 0 Å². The van der Waals surface area contributed by atoms with Crippen molar-refractivity contribution in [3.05, 3.63) is 0 Å². The molecule has 6 heteroatoms. The molecule has 0 aromatic carbocycles. The van der Waals surface area contributed by atoms with Gasteiger partial charge in [0.05, 0.1) is 0 Å². The molecule has 0 aliphatic carbocycles. The molecule has 0 nitrogen and oxygen atoms in total. The van der Waals surface area contributed by atoms with Crippen molar-refractivity contribution in [2.24, 2.45) is 0 Å². The van der Waals surface area contributed by atoms with E-state index in [1.807, 2.05) is 0 Å². The summed E-state index contributed by atoms with van der Waals surface area (Å²) >= 11 is 17.5. The molecule has 0 atom stereocenters. The summed E-state index contributed by atoms with van der Waals surface area (Å²) in [7, 11) is 0. The minimum absolute atomic E-state index is 0. The molecule has 0 amide bonds. The first-order chi connectivity index (χ1) is 2.00. The van der Waals surface area contributed by atoms with Crippen molar-refractivity contribution in [1.29, 1.82) is 0 Å². The van der Waals surface area contributed by atoms with Crippen molar-refractivity contribution in [2.45, 2.75) is 0 Å². The SMILES string of the molecule is [Bi+3].[S-][P+]([S-])([S-])[S-]. The molecule has 0 heterocycles. The van der Waals surface area contributed by atoms with Crippen LogP contribution < -0.4 is 0 Å². The van der Waals surface area contributed by atoms with Crippen molar-refractivity contribution >= 4 is 79.3 Å². The summed E-state index contributed by atoms with van der Waals surface area (Å²) in [6.07, 6.45) is 0. The van der Waals surface area contributed by atoms with Crippen LogP contribution in [0.2, 0.25) is 0 Å². The summed E-state index contributed by atoms with van der Waals surface area (Å²) in [5.41, 5.74) is 0. The van der Waals surface area contributed by atoms with Gasteiger partial charge in [0.25, 0.3) is 0 Å². The first-order valence-corrected chi connectivity index (χ1v) is 6.57. The Balaban J connectivity index is 0. The summed E-state index contributed by atoms with van der Waals surface area (Å²) in [4.78, 5) is 0. The van der Waals surface area contributed by atoms with Crippen LogP contribution in [-0.2, 0) is 49.0 Å². The fraction of sp³-hybridized carbons (Fsp3) is 0. The molecule has 0 saturated heterocycles. The van der Waals surface area contributed by atoms with E-state index in [2.05, 4.69) is 49.0 Å². The van der Waals surface area contributed by atoms with E-state index < -0.39 is 4.07 Å². The molecule has 0 saturated carbocycles. The van der Waals surface area contributed by atoms with Crippen molar-refractivity contribution < 1.29 is 0 Å². The quantitative estimate of drug-likeness (QED) is 0.346. The Morgan fingerprint density at radius 1 is 0.833 bits per heavy atom. The monoisotopic (exact) mass is 368 g/mol. The molecule has 6 heavy (non-hydrogen) atoms. The molecule has 2 radical (unpaired) electrons. The number of rotatable bonds is 0. The van der Waals surface area contributed by atoms with Gasteiger partial charge in [0.2, 0.25) is 0 Å². The van der Waals surface area contributed by atoms with Gasteiger partial charge in [-0.15, -0.1) is 0 Å². The van der Waals surface area contributed by atoms with Crippen molar-refractivity contribution in [3.8, 4) is 0 Å². The largest absolute Gasteiger partial charge is 3.00 e. The maximum absolute atomic E-state index is 4.38. The third-order valence-corrected chi connectivity index (χ3v) is 0. The zero-order chi connectivity index (χ0) is 4.50. The summed E-state index contributed by atoms with van der Waals surface area (Å²) in [6, 6.07) is 0. The minimum Gasteiger partial charge on any atom is -0.623 e. The van der Waals surface area contributed by atoms with Gasteiger partial charge in [0, 0.05) is 0 Å². The van der Waals surface area contributed by atoms with E-state index >= 15 is 0 Å². The second-order valence-corrected chi connectivity index (χ2v) is 12.1. The average molecular weight is 368 g/mol. The van der Waals surface area contributed by atoms with E-state index in [0.29, 0.717) is 0 Å². The average Bonchev–Trinajstić information content (AvgIpc) is 0.722. The molecule has 0 bridgehead atoms. The van der Waals surface area contributed by atoms with Gasteiger partial charge >= 0.3 is 26.2 Å². The second kappa shape index (κ2) is 4.58. The first kappa shape index (κ1) is 11.5. The van der Waals surface area contributed by atoms with Crippen LogP contribution >= 0.6 is 4.07 Å². The molecule has 0 spiro atoms. The van der Waals surface area contributed by atoms with E-state index in [1.165, 1.54) is 0 Å². The molecule has 0 rings (SSSR count). The standard InChI is InChI=1S/Bi.H3PS4/c;2-1(3,4)5/h;(H3,2,3,4,5)/q+3;/p-3. The molecular weight excluding hydrogens is 368 g/mol. The van der Waals surface area contributed by atoms with Crippen LogP contribution in [0.1, 0.15) is 0 Å². The van der Waals surface area contributed by atoms with Gasteiger partial charge < -0.3 is 53.1 Å². The van der Waals surface area contributed by atoms with E-state index in [4.69, 9.17) is 0 Å². The molecule has 0 aromatic rings. The van der Waals surface area contributed by atoms with Gasteiger partial charge in [0.15, 0.2) is 0 Å². The number of hydrogen-bond donors (Lipinski definition) is 0. The summed E-state index contributed by atoms with van der Waals surface area (Å²) in [6.45, 7) is 0. The fourth-order valence-electron chi connectivity index (χ4n) is 0. The Hall–Kier alpha value is 2.71. The topological polar surface area (TPSA) is 0 Å². The molecule has 34 valence electrons. The second-order valence-electron chi connectivity index (χ2n) is 0.447. The van der Waals surface area contributed by atoms with Crippen LogP contribution in [0.15, 0.2) is 0 Å². The Morgan fingerprint density at radius 2 is 0.833 bits per heavy atom. The van der Waals surface area contributed by atoms with E-state index in [1.54, 1.807) is 0 Å². The van der Waals surface area contributed by atoms with Crippen molar-refractivity contribution in [1.82, 2.24) is 0 Å². The fourth-order valence-corrected chi connectivity index (χ4v) is 0. The normalized spacial score (nSPS) is 10.0. The predicted molar refractivity (Wildman–Crippen MR) is 42.1 cm³/mol. The molecule has 0 fully saturated rings. The molecule has 0 aromatic heterocycles. The van der Waals surface area contributed by atoms with Gasteiger partial charge in [-0.3, -0.25) is 0 Å². The smallest absolute Gasteiger partial charge is 0.623 e. The van der Waals surface area contributed by atoms with Gasteiger partial charge in [-0.05, 0) is 0 Å². The Labute approximate surface area is 78.3 Å². The molecule has 0 unspecified atom stereocenters. The zero-order valence-corrected chi connectivity index (χ0v) is 10.2. The van der Waals surface area contributed by atoms with Crippen LogP contribution in [0.3, 0.4) is 0 Å². The van der Waals surface area contributed by atoms with E-state index in [-0.39, 0.29) is 26.2 Å². The van der Waals surface area contributed by atoms with Gasteiger partial charge in [0.1, 0.15) is 0 Å². The van der Waals surface area contributed by atoms with Gasteiger partial charge in [-0.1, -0.05) is 0 Å². The predicted octanol–water partition coefficient (Wildman–Crippen LogP) is 0.471. The Morgan fingerprint density at radius 3 is 0.833 bits per heavy atom. The van der Waals surface area contributed by atoms with Crippen LogP contribution in [-0.4, -0.2) is 26.2 Å². The zero-order valence-electron chi connectivity index (χ0n) is 2.53. The Bertz CT molecular complexity index is 23.0.